The molecular formula is C12H20BrNOS. The van der Waals surface area contributed by atoms with Gasteiger partial charge < -0.3 is 10.0 Å². The van der Waals surface area contributed by atoms with Gasteiger partial charge in [0.25, 0.3) is 0 Å². The van der Waals surface area contributed by atoms with Crippen molar-refractivity contribution in [3.8, 4) is 0 Å². The van der Waals surface area contributed by atoms with Crippen LogP contribution in [0.5, 0.6) is 0 Å². The molecule has 0 atom stereocenters. The molecule has 1 aromatic rings. The van der Waals surface area contributed by atoms with Crippen molar-refractivity contribution in [1.82, 2.24) is 4.90 Å². The van der Waals surface area contributed by atoms with Gasteiger partial charge in [-0.3, -0.25) is 0 Å². The summed E-state index contributed by atoms with van der Waals surface area (Å²) in [6.07, 6.45) is 1.89. The molecule has 0 bridgehead atoms. The summed E-state index contributed by atoms with van der Waals surface area (Å²) in [5, 5.41) is 11.1. The number of aliphatic hydroxyl groups excluding tert-OH is 1. The predicted octanol–water partition coefficient (Wildman–Crippen LogP) is 3.15. The molecule has 0 radical (unpaired) electrons. The van der Waals surface area contributed by atoms with Crippen LogP contribution in [0, 0.1) is 0 Å². The van der Waals surface area contributed by atoms with Gasteiger partial charge in [-0.25, -0.2) is 0 Å². The third kappa shape index (κ3) is 4.17. The van der Waals surface area contributed by atoms with Crippen molar-refractivity contribution >= 4 is 27.3 Å². The number of nitrogens with zero attached hydrogens (tertiary/aromatic N) is 1. The highest BCUT2D eigenvalue weighted by molar-refractivity contribution is 9.10. The summed E-state index contributed by atoms with van der Waals surface area (Å²) in [5.74, 6) is 0. The molecule has 4 heteroatoms. The van der Waals surface area contributed by atoms with E-state index in [4.69, 9.17) is 5.11 Å². The maximum absolute atomic E-state index is 9.01. The Morgan fingerprint density at radius 3 is 2.69 bits per heavy atom. The number of hydrogen-bond acceptors (Lipinski definition) is 3. The summed E-state index contributed by atoms with van der Waals surface area (Å²) >= 11 is 5.26. The van der Waals surface area contributed by atoms with E-state index in [0.717, 1.165) is 19.4 Å². The Bertz CT molecular complexity index is 325. The maximum atomic E-state index is 9.01. The molecule has 1 N–H and O–H groups in total. The lowest BCUT2D eigenvalue weighted by Gasteiger charge is -2.35. The Morgan fingerprint density at radius 1 is 1.50 bits per heavy atom. The summed E-state index contributed by atoms with van der Waals surface area (Å²) < 4.78 is 1.17. The summed E-state index contributed by atoms with van der Waals surface area (Å²) in [6.45, 7) is 5.63. The van der Waals surface area contributed by atoms with Crippen LogP contribution in [0.3, 0.4) is 0 Å². The number of aliphatic hydroxyl groups is 1. The van der Waals surface area contributed by atoms with Crippen molar-refractivity contribution < 1.29 is 5.11 Å². The van der Waals surface area contributed by atoms with Gasteiger partial charge in [0.15, 0.2) is 0 Å². The van der Waals surface area contributed by atoms with Crippen LogP contribution < -0.4 is 0 Å². The van der Waals surface area contributed by atoms with Crippen LogP contribution >= 0.6 is 27.3 Å². The summed E-state index contributed by atoms with van der Waals surface area (Å²) in [7, 11) is 2.12. The zero-order valence-electron chi connectivity index (χ0n) is 10.2. The molecule has 1 rings (SSSR count). The van der Waals surface area contributed by atoms with Crippen LogP contribution in [0.4, 0.5) is 0 Å². The molecule has 0 aromatic carbocycles. The molecule has 1 heterocycles. The largest absolute Gasteiger partial charge is 0.396 e. The zero-order chi connectivity index (χ0) is 12.2. The fourth-order valence-corrected chi connectivity index (χ4v) is 2.97. The lowest BCUT2D eigenvalue weighted by atomic mass is 9.99. The fraction of sp³-hybridized carbons (Fsp3) is 0.667. The lowest BCUT2D eigenvalue weighted by molar-refractivity contribution is 0.118. The minimum absolute atomic E-state index is 0.0727. The van der Waals surface area contributed by atoms with E-state index in [2.05, 4.69) is 53.2 Å². The molecule has 0 saturated carbocycles. The standard InChI is InChI=1S/C12H20BrNOS/c1-12(2,5-7-15)14(3)6-4-11-8-10(13)9-16-11/h8-9,15H,4-7H2,1-3H3. The van der Waals surface area contributed by atoms with Crippen molar-refractivity contribution in [3.05, 3.63) is 20.8 Å². The maximum Gasteiger partial charge on any atom is 0.0448 e. The molecule has 0 fully saturated rings. The van der Waals surface area contributed by atoms with Crippen LogP contribution in [0.25, 0.3) is 0 Å². The van der Waals surface area contributed by atoms with Crippen LogP contribution in [0.15, 0.2) is 15.9 Å². The van der Waals surface area contributed by atoms with Crippen molar-refractivity contribution in [2.24, 2.45) is 0 Å². The smallest absolute Gasteiger partial charge is 0.0448 e. The Morgan fingerprint density at radius 2 is 2.19 bits per heavy atom. The Hall–Kier alpha value is 0.1000. The normalized spacial score (nSPS) is 12.4. The average molecular weight is 306 g/mol. The first-order valence-electron chi connectivity index (χ1n) is 5.51. The lowest BCUT2D eigenvalue weighted by Crippen LogP contribution is -2.42. The summed E-state index contributed by atoms with van der Waals surface area (Å²) in [4.78, 5) is 3.72. The van der Waals surface area contributed by atoms with Gasteiger partial charge in [-0.1, -0.05) is 0 Å². The Labute approximate surface area is 110 Å². The van der Waals surface area contributed by atoms with Crippen LogP contribution in [-0.4, -0.2) is 35.7 Å². The summed E-state index contributed by atoms with van der Waals surface area (Å²) in [5.41, 5.74) is 0.0727. The first-order valence-corrected chi connectivity index (χ1v) is 7.18. The number of thiophene rings is 1. The van der Waals surface area contributed by atoms with E-state index in [1.165, 1.54) is 9.35 Å². The first kappa shape index (κ1) is 14.2. The van der Waals surface area contributed by atoms with Crippen molar-refractivity contribution in [3.63, 3.8) is 0 Å². The van der Waals surface area contributed by atoms with Crippen molar-refractivity contribution in [2.45, 2.75) is 32.2 Å². The van der Waals surface area contributed by atoms with Gasteiger partial charge in [-0.2, -0.15) is 0 Å². The highest BCUT2D eigenvalue weighted by Crippen LogP contribution is 2.22. The summed E-state index contributed by atoms with van der Waals surface area (Å²) in [6, 6.07) is 2.18. The predicted molar refractivity (Wildman–Crippen MR) is 74.1 cm³/mol. The second-order valence-electron chi connectivity index (χ2n) is 4.69. The molecule has 1 aromatic heterocycles. The molecule has 0 unspecified atom stereocenters. The van der Waals surface area contributed by atoms with E-state index in [-0.39, 0.29) is 12.1 Å². The van der Waals surface area contributed by atoms with Gasteiger partial charge in [0.1, 0.15) is 0 Å². The Balaban J connectivity index is 2.43. The zero-order valence-corrected chi connectivity index (χ0v) is 12.6. The van der Waals surface area contributed by atoms with E-state index < -0.39 is 0 Å². The minimum atomic E-state index is 0.0727. The van der Waals surface area contributed by atoms with E-state index in [1.54, 1.807) is 11.3 Å². The topological polar surface area (TPSA) is 23.5 Å². The Kier molecular flexibility index (Phi) is 5.44. The van der Waals surface area contributed by atoms with Gasteiger partial charge in [-0.15, -0.1) is 11.3 Å². The van der Waals surface area contributed by atoms with Crippen molar-refractivity contribution in [2.75, 3.05) is 20.2 Å². The van der Waals surface area contributed by atoms with Gasteiger partial charge in [0, 0.05) is 33.4 Å². The highest BCUT2D eigenvalue weighted by Gasteiger charge is 2.22. The molecule has 0 saturated heterocycles. The van der Waals surface area contributed by atoms with Crippen LogP contribution in [0.1, 0.15) is 25.1 Å². The van der Waals surface area contributed by atoms with E-state index >= 15 is 0 Å². The molecule has 16 heavy (non-hydrogen) atoms. The molecule has 2 nitrogen and oxygen atoms in total. The SMILES string of the molecule is CN(CCc1cc(Br)cs1)C(C)(C)CCO. The van der Waals surface area contributed by atoms with E-state index in [1.807, 2.05) is 0 Å². The molecule has 0 spiro atoms. The number of hydrogen-bond donors (Lipinski definition) is 1. The fourth-order valence-electron chi connectivity index (χ4n) is 1.53. The number of rotatable bonds is 6. The third-order valence-electron chi connectivity index (χ3n) is 3.07. The average Bonchev–Trinajstić information content (AvgIpc) is 2.60. The second-order valence-corrected chi connectivity index (χ2v) is 6.60. The molecule has 92 valence electrons. The second kappa shape index (κ2) is 6.15. The minimum Gasteiger partial charge on any atom is -0.396 e. The quantitative estimate of drug-likeness (QED) is 0.873. The van der Waals surface area contributed by atoms with Gasteiger partial charge in [0.05, 0.1) is 0 Å². The van der Waals surface area contributed by atoms with E-state index in [0.29, 0.717) is 0 Å². The van der Waals surface area contributed by atoms with Gasteiger partial charge >= 0.3 is 0 Å². The molecule has 0 aliphatic heterocycles. The van der Waals surface area contributed by atoms with Crippen LogP contribution in [0.2, 0.25) is 0 Å². The van der Waals surface area contributed by atoms with Crippen LogP contribution in [-0.2, 0) is 6.42 Å². The van der Waals surface area contributed by atoms with E-state index in [9.17, 15) is 0 Å². The molecule has 0 aliphatic rings. The third-order valence-corrected chi connectivity index (χ3v) is 4.83. The molecule has 0 amide bonds. The number of likely N-dealkylation sites (N-methyl/N-ethyl adjacent to an activating group) is 1. The molecule has 0 aliphatic carbocycles. The molecular weight excluding hydrogens is 286 g/mol. The van der Waals surface area contributed by atoms with Crippen molar-refractivity contribution in [1.29, 1.82) is 0 Å². The first-order chi connectivity index (χ1) is 7.45. The van der Waals surface area contributed by atoms with Gasteiger partial charge in [0.2, 0.25) is 0 Å². The monoisotopic (exact) mass is 305 g/mol. The van der Waals surface area contributed by atoms with Gasteiger partial charge in [-0.05, 0) is 55.7 Å². The number of halogens is 1. The highest BCUT2D eigenvalue weighted by atomic mass is 79.9.